The van der Waals surface area contributed by atoms with Crippen LogP contribution in [0.3, 0.4) is 0 Å². The molecular weight excluding hydrogens is 316 g/mol. The summed E-state index contributed by atoms with van der Waals surface area (Å²) >= 11 is 0. The number of carbonyl (C=O) groups is 1. The highest BCUT2D eigenvalue weighted by molar-refractivity contribution is 7.89. The van der Waals surface area contributed by atoms with Crippen LogP contribution in [0.25, 0.3) is 0 Å². The lowest BCUT2D eigenvalue weighted by molar-refractivity contribution is -0.121. The maximum absolute atomic E-state index is 12.7. The van der Waals surface area contributed by atoms with Gasteiger partial charge in [0.25, 0.3) is 0 Å². The molecule has 0 bridgehead atoms. The van der Waals surface area contributed by atoms with Crippen molar-refractivity contribution < 1.29 is 17.9 Å². The number of rotatable bonds is 9. The van der Waals surface area contributed by atoms with Gasteiger partial charge in [-0.05, 0) is 37.6 Å². The maximum atomic E-state index is 12.7. The van der Waals surface area contributed by atoms with Gasteiger partial charge in [-0.1, -0.05) is 13.0 Å². The van der Waals surface area contributed by atoms with Crippen molar-refractivity contribution in [2.45, 2.75) is 25.7 Å². The van der Waals surface area contributed by atoms with Crippen molar-refractivity contribution in [1.29, 1.82) is 0 Å². The lowest BCUT2D eigenvalue weighted by Gasteiger charge is -2.20. The second-order valence-corrected chi connectivity index (χ2v) is 6.82. The van der Waals surface area contributed by atoms with E-state index < -0.39 is 10.0 Å². The summed E-state index contributed by atoms with van der Waals surface area (Å²) in [5.41, 5.74) is 0.736. The third-order valence-electron chi connectivity index (χ3n) is 3.20. The van der Waals surface area contributed by atoms with Crippen molar-refractivity contribution >= 4 is 15.9 Å². The standard InChI is InChI=1S/C16H24N2O4S/c1-5-10-17-16(19)12-18(6-2)23(20,21)14-8-9-15(22-7-3)13(4)11-14/h5,8-9,11H,1,6-7,10,12H2,2-4H3,(H,17,19). The van der Waals surface area contributed by atoms with Crippen molar-refractivity contribution in [3.63, 3.8) is 0 Å². The minimum Gasteiger partial charge on any atom is -0.494 e. The Bertz CT molecular complexity index is 656. The first-order valence-electron chi connectivity index (χ1n) is 7.48. The van der Waals surface area contributed by atoms with Gasteiger partial charge in [-0.25, -0.2) is 8.42 Å². The average Bonchev–Trinajstić information content (AvgIpc) is 2.52. The molecule has 1 aromatic carbocycles. The third kappa shape index (κ3) is 5.07. The first kappa shape index (κ1) is 19.2. The second kappa shape index (κ2) is 8.69. The normalized spacial score (nSPS) is 11.3. The lowest BCUT2D eigenvalue weighted by atomic mass is 10.2. The maximum Gasteiger partial charge on any atom is 0.243 e. The van der Waals surface area contributed by atoms with Crippen molar-refractivity contribution in [2.75, 3.05) is 26.2 Å². The van der Waals surface area contributed by atoms with Crippen LogP contribution in [0.15, 0.2) is 35.7 Å². The Kier molecular flexibility index (Phi) is 7.25. The summed E-state index contributed by atoms with van der Waals surface area (Å²) in [6.45, 7) is 9.65. The highest BCUT2D eigenvalue weighted by Crippen LogP contribution is 2.24. The molecule has 1 aromatic rings. The number of sulfonamides is 1. The average molecular weight is 340 g/mol. The molecule has 1 N–H and O–H groups in total. The minimum atomic E-state index is -3.73. The topological polar surface area (TPSA) is 75.7 Å². The largest absolute Gasteiger partial charge is 0.494 e. The zero-order chi connectivity index (χ0) is 17.5. The van der Waals surface area contributed by atoms with E-state index in [9.17, 15) is 13.2 Å². The molecule has 0 heterocycles. The van der Waals surface area contributed by atoms with Crippen molar-refractivity contribution in [3.8, 4) is 5.75 Å². The van der Waals surface area contributed by atoms with Crippen molar-refractivity contribution in [2.24, 2.45) is 0 Å². The number of likely N-dealkylation sites (N-methyl/N-ethyl adjacent to an activating group) is 1. The Morgan fingerprint density at radius 3 is 2.61 bits per heavy atom. The molecule has 1 rings (SSSR count). The predicted molar refractivity (Wildman–Crippen MR) is 90.0 cm³/mol. The number of hydrogen-bond donors (Lipinski definition) is 1. The molecule has 1 amide bonds. The van der Waals surface area contributed by atoms with Crippen LogP contribution in [0.5, 0.6) is 5.75 Å². The van der Waals surface area contributed by atoms with Gasteiger partial charge in [-0.15, -0.1) is 6.58 Å². The van der Waals surface area contributed by atoms with Crippen LogP contribution in [0.2, 0.25) is 0 Å². The van der Waals surface area contributed by atoms with E-state index in [-0.39, 0.29) is 23.9 Å². The van der Waals surface area contributed by atoms with Gasteiger partial charge < -0.3 is 10.1 Å². The van der Waals surface area contributed by atoms with Gasteiger partial charge >= 0.3 is 0 Å². The van der Waals surface area contributed by atoms with E-state index in [0.29, 0.717) is 18.9 Å². The predicted octanol–water partition coefficient (Wildman–Crippen LogP) is 1.71. The fourth-order valence-electron chi connectivity index (χ4n) is 2.02. The van der Waals surface area contributed by atoms with Gasteiger partial charge in [0.2, 0.25) is 15.9 Å². The Hall–Kier alpha value is -1.86. The van der Waals surface area contributed by atoms with Gasteiger partial charge in [0.1, 0.15) is 5.75 Å². The van der Waals surface area contributed by atoms with E-state index in [1.165, 1.54) is 6.07 Å². The monoisotopic (exact) mass is 340 g/mol. The summed E-state index contributed by atoms with van der Waals surface area (Å²) in [6, 6.07) is 4.69. The molecule has 0 aliphatic carbocycles. The minimum absolute atomic E-state index is 0.150. The third-order valence-corrected chi connectivity index (χ3v) is 5.12. The van der Waals surface area contributed by atoms with Gasteiger partial charge in [-0.2, -0.15) is 4.31 Å². The van der Waals surface area contributed by atoms with E-state index in [2.05, 4.69) is 11.9 Å². The summed E-state index contributed by atoms with van der Waals surface area (Å²) in [5, 5.41) is 2.57. The van der Waals surface area contributed by atoms with E-state index in [1.54, 1.807) is 32.1 Å². The van der Waals surface area contributed by atoms with Gasteiger partial charge in [0, 0.05) is 13.1 Å². The number of amides is 1. The molecule has 0 saturated carbocycles. The molecule has 0 atom stereocenters. The van der Waals surface area contributed by atoms with Crippen LogP contribution in [0.1, 0.15) is 19.4 Å². The quantitative estimate of drug-likeness (QED) is 0.694. The smallest absolute Gasteiger partial charge is 0.243 e. The zero-order valence-electron chi connectivity index (χ0n) is 13.8. The molecule has 128 valence electrons. The molecule has 0 aliphatic rings. The Labute approximate surface area is 138 Å². The van der Waals surface area contributed by atoms with Crippen LogP contribution in [-0.4, -0.2) is 44.9 Å². The number of carbonyl (C=O) groups excluding carboxylic acids is 1. The van der Waals surface area contributed by atoms with Gasteiger partial charge in [-0.3, -0.25) is 4.79 Å². The fraction of sp³-hybridized carbons (Fsp3) is 0.438. The molecule has 0 radical (unpaired) electrons. The second-order valence-electron chi connectivity index (χ2n) is 4.88. The first-order chi connectivity index (χ1) is 10.9. The molecule has 0 aliphatic heterocycles. The first-order valence-corrected chi connectivity index (χ1v) is 8.92. The Balaban J connectivity index is 3.00. The molecule has 7 heteroatoms. The lowest BCUT2D eigenvalue weighted by Crippen LogP contribution is -2.40. The van der Waals surface area contributed by atoms with Crippen molar-refractivity contribution in [3.05, 3.63) is 36.4 Å². The molecule has 0 aromatic heterocycles. The number of hydrogen-bond acceptors (Lipinski definition) is 4. The van der Waals surface area contributed by atoms with E-state index in [4.69, 9.17) is 4.74 Å². The summed E-state index contributed by atoms with van der Waals surface area (Å²) in [7, 11) is -3.73. The highest BCUT2D eigenvalue weighted by Gasteiger charge is 2.25. The fourth-order valence-corrected chi connectivity index (χ4v) is 3.51. The molecule has 6 nitrogen and oxygen atoms in total. The summed E-state index contributed by atoms with van der Waals surface area (Å²) in [4.78, 5) is 11.9. The Morgan fingerprint density at radius 1 is 1.39 bits per heavy atom. The zero-order valence-corrected chi connectivity index (χ0v) is 14.6. The van der Waals surface area contributed by atoms with Crippen LogP contribution >= 0.6 is 0 Å². The van der Waals surface area contributed by atoms with Crippen LogP contribution in [0.4, 0.5) is 0 Å². The number of nitrogens with one attached hydrogen (secondary N) is 1. The number of aryl methyl sites for hydroxylation is 1. The van der Waals surface area contributed by atoms with Crippen LogP contribution < -0.4 is 10.1 Å². The van der Waals surface area contributed by atoms with Crippen LogP contribution in [0, 0.1) is 6.92 Å². The molecule has 0 spiro atoms. The van der Waals surface area contributed by atoms with Gasteiger partial charge in [0.15, 0.2) is 0 Å². The number of nitrogens with zero attached hydrogens (tertiary/aromatic N) is 1. The number of ether oxygens (including phenoxy) is 1. The highest BCUT2D eigenvalue weighted by atomic mass is 32.2. The SMILES string of the molecule is C=CCNC(=O)CN(CC)S(=O)(=O)c1ccc(OCC)c(C)c1. The molecule has 0 fully saturated rings. The molecular formula is C16H24N2O4S. The van der Waals surface area contributed by atoms with Crippen LogP contribution in [-0.2, 0) is 14.8 Å². The summed E-state index contributed by atoms with van der Waals surface area (Å²) < 4.78 is 31.9. The molecule has 0 saturated heterocycles. The van der Waals surface area contributed by atoms with E-state index in [0.717, 1.165) is 9.87 Å². The number of benzene rings is 1. The summed E-state index contributed by atoms with van der Waals surface area (Å²) in [6.07, 6.45) is 1.54. The Morgan fingerprint density at radius 2 is 2.09 bits per heavy atom. The summed E-state index contributed by atoms with van der Waals surface area (Å²) in [5.74, 6) is 0.288. The molecule has 0 unspecified atom stereocenters. The van der Waals surface area contributed by atoms with Gasteiger partial charge in [0.05, 0.1) is 18.0 Å². The van der Waals surface area contributed by atoms with E-state index in [1.807, 2.05) is 6.92 Å². The van der Waals surface area contributed by atoms with Crippen molar-refractivity contribution in [1.82, 2.24) is 9.62 Å². The molecule has 23 heavy (non-hydrogen) atoms. The van der Waals surface area contributed by atoms with E-state index >= 15 is 0 Å².